The van der Waals surface area contributed by atoms with Crippen molar-refractivity contribution >= 4 is 21.6 Å². The Labute approximate surface area is 104 Å². The third-order valence-electron chi connectivity index (χ3n) is 2.88. The number of ether oxygens (including phenoxy) is 2. The Morgan fingerprint density at radius 2 is 2.31 bits per heavy atom. The highest BCUT2D eigenvalue weighted by Gasteiger charge is 2.23. The van der Waals surface area contributed by atoms with E-state index in [2.05, 4.69) is 28.2 Å². The van der Waals surface area contributed by atoms with Gasteiger partial charge in [-0.25, -0.2) is 0 Å². The molecule has 1 heterocycles. The summed E-state index contributed by atoms with van der Waals surface area (Å²) in [6, 6.07) is 6.41. The van der Waals surface area contributed by atoms with Gasteiger partial charge in [-0.3, -0.25) is 0 Å². The molecule has 1 saturated heterocycles. The number of hydrogen-bond donors (Lipinski definition) is 1. The monoisotopic (exact) mass is 285 g/mol. The standard InChI is InChI=1S/C12H16BrNO2/c1-8-11(5-6-16-8)14-9-3-4-12(15-2)10(13)7-9/h3-4,7-8,11,14H,5-6H2,1-2H3. The quantitative estimate of drug-likeness (QED) is 0.926. The van der Waals surface area contributed by atoms with E-state index in [9.17, 15) is 0 Å². The van der Waals surface area contributed by atoms with E-state index in [1.807, 2.05) is 18.2 Å². The van der Waals surface area contributed by atoms with Crippen molar-refractivity contribution in [3.8, 4) is 5.75 Å². The lowest BCUT2D eigenvalue weighted by molar-refractivity contribution is 0.121. The molecule has 4 heteroatoms. The fourth-order valence-corrected chi connectivity index (χ4v) is 2.43. The first kappa shape index (κ1) is 11.7. The number of anilines is 1. The average Bonchev–Trinajstić information content (AvgIpc) is 2.65. The van der Waals surface area contributed by atoms with Crippen LogP contribution in [0.25, 0.3) is 0 Å². The fourth-order valence-electron chi connectivity index (χ4n) is 1.89. The van der Waals surface area contributed by atoms with E-state index in [4.69, 9.17) is 9.47 Å². The molecule has 0 radical (unpaired) electrons. The smallest absolute Gasteiger partial charge is 0.133 e. The van der Waals surface area contributed by atoms with E-state index in [-0.39, 0.29) is 6.10 Å². The number of benzene rings is 1. The zero-order valence-corrected chi connectivity index (χ0v) is 11.1. The molecular weight excluding hydrogens is 270 g/mol. The van der Waals surface area contributed by atoms with Crippen LogP contribution in [0.4, 0.5) is 5.69 Å². The molecule has 0 amide bonds. The molecule has 1 aliphatic heterocycles. The summed E-state index contributed by atoms with van der Waals surface area (Å²) in [5.41, 5.74) is 1.09. The van der Waals surface area contributed by atoms with Crippen molar-refractivity contribution in [1.82, 2.24) is 0 Å². The highest BCUT2D eigenvalue weighted by atomic mass is 79.9. The first-order valence-electron chi connectivity index (χ1n) is 5.42. The van der Waals surface area contributed by atoms with Crippen molar-refractivity contribution in [3.63, 3.8) is 0 Å². The largest absolute Gasteiger partial charge is 0.496 e. The van der Waals surface area contributed by atoms with E-state index >= 15 is 0 Å². The van der Waals surface area contributed by atoms with Gasteiger partial charge in [0.2, 0.25) is 0 Å². The lowest BCUT2D eigenvalue weighted by Gasteiger charge is -2.18. The Balaban J connectivity index is 2.07. The second-order valence-electron chi connectivity index (χ2n) is 3.96. The first-order chi connectivity index (χ1) is 7.70. The lowest BCUT2D eigenvalue weighted by Crippen LogP contribution is -2.26. The van der Waals surface area contributed by atoms with E-state index in [1.165, 1.54) is 0 Å². The molecule has 1 aromatic rings. The van der Waals surface area contributed by atoms with Gasteiger partial charge in [-0.2, -0.15) is 0 Å². The van der Waals surface area contributed by atoms with Crippen molar-refractivity contribution < 1.29 is 9.47 Å². The average molecular weight is 286 g/mol. The van der Waals surface area contributed by atoms with Gasteiger partial charge in [-0.15, -0.1) is 0 Å². The summed E-state index contributed by atoms with van der Waals surface area (Å²) in [4.78, 5) is 0. The van der Waals surface area contributed by atoms with Crippen molar-refractivity contribution in [2.24, 2.45) is 0 Å². The van der Waals surface area contributed by atoms with Crippen molar-refractivity contribution in [2.75, 3.05) is 19.0 Å². The van der Waals surface area contributed by atoms with Crippen LogP contribution in [0.2, 0.25) is 0 Å². The van der Waals surface area contributed by atoms with E-state index in [0.717, 1.165) is 28.9 Å². The normalized spacial score (nSPS) is 24.4. The minimum atomic E-state index is 0.279. The predicted octanol–water partition coefficient (Wildman–Crippen LogP) is 3.05. The van der Waals surface area contributed by atoms with Crippen LogP contribution in [-0.2, 0) is 4.74 Å². The molecule has 2 atom stereocenters. The highest BCUT2D eigenvalue weighted by Crippen LogP contribution is 2.29. The van der Waals surface area contributed by atoms with Crippen LogP contribution >= 0.6 is 15.9 Å². The fraction of sp³-hybridized carbons (Fsp3) is 0.500. The summed E-state index contributed by atoms with van der Waals surface area (Å²) in [6.45, 7) is 2.94. The SMILES string of the molecule is COc1ccc(NC2CCOC2C)cc1Br. The second kappa shape index (κ2) is 5.06. The van der Waals surface area contributed by atoms with Gasteiger partial charge >= 0.3 is 0 Å². The molecule has 1 aliphatic rings. The maximum atomic E-state index is 5.51. The molecule has 1 N–H and O–H groups in total. The summed E-state index contributed by atoms with van der Waals surface area (Å²) >= 11 is 3.48. The van der Waals surface area contributed by atoms with Crippen molar-refractivity contribution in [3.05, 3.63) is 22.7 Å². The maximum Gasteiger partial charge on any atom is 0.133 e. The minimum absolute atomic E-state index is 0.279. The van der Waals surface area contributed by atoms with Gasteiger partial charge < -0.3 is 14.8 Å². The molecule has 1 aromatic carbocycles. The molecule has 0 spiro atoms. The van der Waals surface area contributed by atoms with Gasteiger partial charge in [-0.05, 0) is 47.5 Å². The molecule has 16 heavy (non-hydrogen) atoms. The molecule has 2 unspecified atom stereocenters. The van der Waals surface area contributed by atoms with Crippen LogP contribution < -0.4 is 10.1 Å². The first-order valence-corrected chi connectivity index (χ1v) is 6.21. The molecule has 0 saturated carbocycles. The van der Waals surface area contributed by atoms with Crippen LogP contribution in [0.5, 0.6) is 5.75 Å². The number of hydrogen-bond acceptors (Lipinski definition) is 3. The zero-order valence-electron chi connectivity index (χ0n) is 9.50. The number of methoxy groups -OCH3 is 1. The Morgan fingerprint density at radius 3 is 2.88 bits per heavy atom. The Hall–Kier alpha value is -0.740. The van der Waals surface area contributed by atoms with Crippen LogP contribution in [-0.4, -0.2) is 25.9 Å². The van der Waals surface area contributed by atoms with Gasteiger partial charge in [0.1, 0.15) is 5.75 Å². The van der Waals surface area contributed by atoms with Crippen molar-refractivity contribution in [2.45, 2.75) is 25.5 Å². The predicted molar refractivity (Wildman–Crippen MR) is 68.1 cm³/mol. The summed E-state index contributed by atoms with van der Waals surface area (Å²) in [6.07, 6.45) is 1.34. The maximum absolute atomic E-state index is 5.51. The molecule has 0 aromatic heterocycles. The van der Waals surface area contributed by atoms with Crippen LogP contribution in [0.15, 0.2) is 22.7 Å². The number of halogens is 1. The summed E-state index contributed by atoms with van der Waals surface area (Å²) in [7, 11) is 1.67. The van der Waals surface area contributed by atoms with E-state index < -0.39 is 0 Å². The molecule has 1 fully saturated rings. The van der Waals surface area contributed by atoms with Gasteiger partial charge in [0.05, 0.1) is 23.7 Å². The summed E-state index contributed by atoms with van der Waals surface area (Å²) in [5.74, 6) is 0.848. The van der Waals surface area contributed by atoms with Gasteiger partial charge in [0, 0.05) is 12.3 Å². The molecule has 0 aliphatic carbocycles. The lowest BCUT2D eigenvalue weighted by atomic mass is 10.1. The zero-order chi connectivity index (χ0) is 11.5. The Bertz CT molecular complexity index is 370. The van der Waals surface area contributed by atoms with Gasteiger partial charge in [-0.1, -0.05) is 0 Å². The van der Waals surface area contributed by atoms with Crippen LogP contribution in [0.1, 0.15) is 13.3 Å². The Kier molecular flexibility index (Phi) is 3.71. The van der Waals surface area contributed by atoms with Crippen molar-refractivity contribution in [1.29, 1.82) is 0 Å². The molecule has 0 bridgehead atoms. The third-order valence-corrected chi connectivity index (χ3v) is 3.50. The van der Waals surface area contributed by atoms with Crippen LogP contribution in [0.3, 0.4) is 0 Å². The molecular formula is C12H16BrNO2. The van der Waals surface area contributed by atoms with E-state index in [0.29, 0.717) is 6.04 Å². The molecule has 88 valence electrons. The minimum Gasteiger partial charge on any atom is -0.496 e. The summed E-state index contributed by atoms with van der Waals surface area (Å²) in [5, 5.41) is 3.47. The molecule has 3 nitrogen and oxygen atoms in total. The second-order valence-corrected chi connectivity index (χ2v) is 4.82. The van der Waals surface area contributed by atoms with Gasteiger partial charge in [0.15, 0.2) is 0 Å². The van der Waals surface area contributed by atoms with Gasteiger partial charge in [0.25, 0.3) is 0 Å². The third kappa shape index (κ3) is 2.50. The number of nitrogens with one attached hydrogen (secondary N) is 1. The topological polar surface area (TPSA) is 30.5 Å². The Morgan fingerprint density at radius 1 is 1.50 bits per heavy atom. The molecule has 2 rings (SSSR count). The summed E-state index contributed by atoms with van der Waals surface area (Å²) < 4.78 is 11.7. The number of rotatable bonds is 3. The van der Waals surface area contributed by atoms with Crippen LogP contribution in [0, 0.1) is 0 Å². The van der Waals surface area contributed by atoms with E-state index in [1.54, 1.807) is 7.11 Å². The highest BCUT2D eigenvalue weighted by molar-refractivity contribution is 9.10.